The first-order valence-electron chi connectivity index (χ1n) is 5.66. The van der Waals surface area contributed by atoms with E-state index in [2.05, 4.69) is 21.2 Å². The van der Waals surface area contributed by atoms with Crippen LogP contribution in [0.5, 0.6) is 0 Å². The van der Waals surface area contributed by atoms with Crippen LogP contribution in [0.4, 0.5) is 10.5 Å². The summed E-state index contributed by atoms with van der Waals surface area (Å²) in [6.07, 6.45) is 2.04. The molecule has 1 fully saturated rings. The summed E-state index contributed by atoms with van der Waals surface area (Å²) < 4.78 is 0.667. The Kier molecular flexibility index (Phi) is 3.86. The predicted molar refractivity (Wildman–Crippen MR) is 70.9 cm³/mol. The molecule has 96 valence electrons. The maximum Gasteiger partial charge on any atom is 0.335 e. The number of rotatable bonds is 2. The first-order valence-corrected chi connectivity index (χ1v) is 6.46. The number of amides is 2. The van der Waals surface area contributed by atoms with Crippen molar-refractivity contribution in [2.75, 3.05) is 18.4 Å². The van der Waals surface area contributed by atoms with Crippen molar-refractivity contribution in [2.45, 2.75) is 12.8 Å². The summed E-state index contributed by atoms with van der Waals surface area (Å²) in [6.45, 7) is 1.50. The Balaban J connectivity index is 2.14. The van der Waals surface area contributed by atoms with Gasteiger partial charge >= 0.3 is 12.0 Å². The molecule has 2 amide bonds. The lowest BCUT2D eigenvalue weighted by molar-refractivity contribution is 0.0697. The van der Waals surface area contributed by atoms with Gasteiger partial charge in [0.05, 0.1) is 11.3 Å². The third-order valence-electron chi connectivity index (χ3n) is 2.85. The molecule has 2 N–H and O–H groups in total. The topological polar surface area (TPSA) is 69.6 Å². The third kappa shape index (κ3) is 2.81. The van der Waals surface area contributed by atoms with Crippen LogP contribution in [0, 0.1) is 0 Å². The number of carboxylic acid groups (broad SMARTS) is 1. The number of aromatic carboxylic acids is 1. The highest BCUT2D eigenvalue weighted by molar-refractivity contribution is 9.10. The molecule has 5 nitrogen and oxygen atoms in total. The van der Waals surface area contributed by atoms with Crippen molar-refractivity contribution in [2.24, 2.45) is 0 Å². The molecular weight excluding hydrogens is 300 g/mol. The molecule has 0 radical (unpaired) electrons. The third-order valence-corrected chi connectivity index (χ3v) is 3.54. The van der Waals surface area contributed by atoms with Gasteiger partial charge in [-0.3, -0.25) is 0 Å². The molecule has 1 saturated heterocycles. The van der Waals surface area contributed by atoms with Crippen molar-refractivity contribution in [3.8, 4) is 0 Å². The van der Waals surface area contributed by atoms with Gasteiger partial charge in [-0.2, -0.15) is 0 Å². The van der Waals surface area contributed by atoms with Gasteiger partial charge in [-0.05, 0) is 47.0 Å². The van der Waals surface area contributed by atoms with Crippen LogP contribution in [-0.4, -0.2) is 35.1 Å². The highest BCUT2D eigenvalue weighted by atomic mass is 79.9. The minimum absolute atomic E-state index is 0.148. The standard InChI is InChI=1S/C12H13BrN2O3/c13-9-4-3-8(11(16)17)7-10(9)14-12(18)15-5-1-2-6-15/h3-4,7H,1-2,5-6H2,(H,14,18)(H,16,17). The second-order valence-corrected chi connectivity index (χ2v) is 4.98. The van der Waals surface area contributed by atoms with E-state index in [1.807, 2.05) is 0 Å². The van der Waals surface area contributed by atoms with Crippen LogP contribution < -0.4 is 5.32 Å². The maximum atomic E-state index is 11.9. The Morgan fingerprint density at radius 1 is 1.28 bits per heavy atom. The van der Waals surface area contributed by atoms with Crippen LogP contribution >= 0.6 is 15.9 Å². The van der Waals surface area contributed by atoms with Crippen molar-refractivity contribution in [3.63, 3.8) is 0 Å². The number of hydrogen-bond donors (Lipinski definition) is 2. The number of likely N-dealkylation sites (tertiary alicyclic amines) is 1. The number of benzene rings is 1. The number of nitrogens with zero attached hydrogens (tertiary/aromatic N) is 1. The number of carbonyl (C=O) groups is 2. The van der Waals surface area contributed by atoms with E-state index in [0.717, 1.165) is 25.9 Å². The van der Waals surface area contributed by atoms with Crippen LogP contribution in [-0.2, 0) is 0 Å². The van der Waals surface area contributed by atoms with Crippen molar-refractivity contribution in [1.29, 1.82) is 0 Å². The molecule has 0 saturated carbocycles. The lowest BCUT2D eigenvalue weighted by atomic mass is 10.2. The van der Waals surface area contributed by atoms with Crippen molar-refractivity contribution < 1.29 is 14.7 Å². The van der Waals surface area contributed by atoms with Gasteiger partial charge in [0.25, 0.3) is 0 Å². The molecule has 0 atom stereocenters. The summed E-state index contributed by atoms with van der Waals surface area (Å²) in [5, 5.41) is 11.6. The fourth-order valence-corrected chi connectivity index (χ4v) is 2.21. The van der Waals surface area contributed by atoms with Gasteiger partial charge in [-0.1, -0.05) is 0 Å². The van der Waals surface area contributed by atoms with E-state index in [1.165, 1.54) is 12.1 Å². The van der Waals surface area contributed by atoms with Gasteiger partial charge < -0.3 is 15.3 Å². The van der Waals surface area contributed by atoms with Gasteiger partial charge in [0.2, 0.25) is 0 Å². The summed E-state index contributed by atoms with van der Waals surface area (Å²) >= 11 is 3.29. The zero-order valence-electron chi connectivity index (χ0n) is 9.65. The number of carboxylic acids is 1. The van der Waals surface area contributed by atoms with Crippen molar-refractivity contribution in [3.05, 3.63) is 28.2 Å². The molecule has 0 unspecified atom stereocenters. The second-order valence-electron chi connectivity index (χ2n) is 4.12. The highest BCUT2D eigenvalue weighted by Gasteiger charge is 2.19. The molecule has 0 aromatic heterocycles. The molecule has 2 rings (SSSR count). The summed E-state index contributed by atoms with van der Waals surface area (Å²) in [5.74, 6) is -1.01. The van der Waals surface area contributed by atoms with Crippen LogP contribution in [0.1, 0.15) is 23.2 Å². The Morgan fingerprint density at radius 3 is 2.56 bits per heavy atom. The molecule has 0 spiro atoms. The summed E-state index contributed by atoms with van der Waals surface area (Å²) in [5.41, 5.74) is 0.627. The van der Waals surface area contributed by atoms with Crippen LogP contribution in [0.15, 0.2) is 22.7 Å². The normalized spacial score (nSPS) is 14.6. The Labute approximate surface area is 113 Å². The molecule has 1 aromatic rings. The lowest BCUT2D eigenvalue weighted by Crippen LogP contribution is -2.32. The second kappa shape index (κ2) is 5.39. The molecule has 1 aromatic carbocycles. The number of anilines is 1. The molecule has 1 aliphatic heterocycles. The predicted octanol–water partition coefficient (Wildman–Crippen LogP) is 2.78. The van der Waals surface area contributed by atoms with Crippen molar-refractivity contribution >= 4 is 33.6 Å². The first-order chi connectivity index (χ1) is 8.58. The number of halogens is 1. The van der Waals surface area contributed by atoms with Crippen LogP contribution in [0.25, 0.3) is 0 Å². The minimum Gasteiger partial charge on any atom is -0.478 e. The average Bonchev–Trinajstić information content (AvgIpc) is 2.85. The molecular formula is C12H13BrN2O3. The van der Waals surface area contributed by atoms with E-state index < -0.39 is 5.97 Å². The fraction of sp³-hybridized carbons (Fsp3) is 0.333. The number of carbonyl (C=O) groups excluding carboxylic acids is 1. The van der Waals surface area contributed by atoms with E-state index in [0.29, 0.717) is 10.2 Å². The number of urea groups is 1. The lowest BCUT2D eigenvalue weighted by Gasteiger charge is -2.17. The van der Waals surface area contributed by atoms with E-state index in [1.54, 1.807) is 11.0 Å². The highest BCUT2D eigenvalue weighted by Crippen LogP contribution is 2.24. The molecule has 18 heavy (non-hydrogen) atoms. The van der Waals surface area contributed by atoms with Gasteiger partial charge in [0.15, 0.2) is 0 Å². The van der Waals surface area contributed by atoms with Crippen LogP contribution in [0.3, 0.4) is 0 Å². The van der Waals surface area contributed by atoms with E-state index in [9.17, 15) is 9.59 Å². The Hall–Kier alpha value is -1.56. The Bertz CT molecular complexity index is 484. The fourth-order valence-electron chi connectivity index (χ4n) is 1.87. The average molecular weight is 313 g/mol. The van der Waals surface area contributed by atoms with Gasteiger partial charge in [0.1, 0.15) is 0 Å². The SMILES string of the molecule is O=C(O)c1ccc(Br)c(NC(=O)N2CCCC2)c1. The molecule has 1 heterocycles. The summed E-state index contributed by atoms with van der Waals surface area (Å²) in [7, 11) is 0. The zero-order valence-corrected chi connectivity index (χ0v) is 11.2. The first kappa shape index (κ1) is 12.9. The largest absolute Gasteiger partial charge is 0.478 e. The summed E-state index contributed by atoms with van der Waals surface area (Å²) in [4.78, 5) is 24.5. The van der Waals surface area contributed by atoms with E-state index in [4.69, 9.17) is 5.11 Å². The number of hydrogen-bond acceptors (Lipinski definition) is 2. The molecule has 1 aliphatic rings. The van der Waals surface area contributed by atoms with Crippen molar-refractivity contribution in [1.82, 2.24) is 4.90 Å². The van der Waals surface area contributed by atoms with Gasteiger partial charge in [0, 0.05) is 17.6 Å². The minimum atomic E-state index is -1.01. The van der Waals surface area contributed by atoms with Gasteiger partial charge in [-0.25, -0.2) is 9.59 Å². The number of nitrogens with one attached hydrogen (secondary N) is 1. The van der Waals surface area contributed by atoms with E-state index in [-0.39, 0.29) is 11.6 Å². The quantitative estimate of drug-likeness (QED) is 0.882. The Morgan fingerprint density at radius 2 is 1.94 bits per heavy atom. The summed E-state index contributed by atoms with van der Waals surface area (Å²) in [6, 6.07) is 4.36. The zero-order chi connectivity index (χ0) is 13.1. The molecule has 0 aliphatic carbocycles. The molecule has 0 bridgehead atoms. The molecule has 6 heteroatoms. The van der Waals surface area contributed by atoms with E-state index >= 15 is 0 Å². The smallest absolute Gasteiger partial charge is 0.335 e. The van der Waals surface area contributed by atoms with Crippen LogP contribution in [0.2, 0.25) is 0 Å². The van der Waals surface area contributed by atoms with Gasteiger partial charge in [-0.15, -0.1) is 0 Å². The maximum absolute atomic E-state index is 11.9. The monoisotopic (exact) mass is 312 g/mol.